The zero-order valence-corrected chi connectivity index (χ0v) is 11.6. The van der Waals surface area contributed by atoms with Crippen LogP contribution in [-0.4, -0.2) is 13.2 Å². The lowest BCUT2D eigenvalue weighted by Crippen LogP contribution is -2.23. The Hall–Kier alpha value is -0.700. The quantitative estimate of drug-likeness (QED) is 0.838. The first-order valence-electron chi connectivity index (χ1n) is 6.26. The van der Waals surface area contributed by atoms with Crippen molar-refractivity contribution in [2.75, 3.05) is 7.11 Å². The summed E-state index contributed by atoms with van der Waals surface area (Å²) >= 11 is 3.48. The molecule has 1 aromatic rings. The lowest BCUT2D eigenvalue weighted by atomic mass is 9.98. The van der Waals surface area contributed by atoms with Crippen molar-refractivity contribution in [1.82, 2.24) is 0 Å². The van der Waals surface area contributed by atoms with Gasteiger partial charge in [-0.3, -0.25) is 0 Å². The van der Waals surface area contributed by atoms with Crippen LogP contribution < -0.4 is 9.47 Å². The van der Waals surface area contributed by atoms with Crippen molar-refractivity contribution in [3.8, 4) is 11.5 Å². The molecule has 2 saturated carbocycles. The summed E-state index contributed by atoms with van der Waals surface area (Å²) in [5.74, 6) is 3.38. The standard InChI is InChI=1S/C14H17BrO2/c1-16-12-5-4-11(15)8-14(12)17-13-7-9-2-3-10(13)6-9/h4-5,8-10,13H,2-3,6-7H2,1H3/t9-,10-,13-/m0/s1. The molecule has 3 heteroatoms. The van der Waals surface area contributed by atoms with E-state index < -0.39 is 0 Å². The molecule has 2 aliphatic rings. The Morgan fingerprint density at radius 2 is 2.06 bits per heavy atom. The molecule has 1 aromatic carbocycles. The highest BCUT2D eigenvalue weighted by Crippen LogP contribution is 2.47. The van der Waals surface area contributed by atoms with Crippen molar-refractivity contribution in [2.24, 2.45) is 11.8 Å². The van der Waals surface area contributed by atoms with Gasteiger partial charge in [0.1, 0.15) is 6.10 Å². The fourth-order valence-electron chi connectivity index (χ4n) is 3.24. The molecule has 2 fully saturated rings. The first-order chi connectivity index (χ1) is 8.26. The highest BCUT2D eigenvalue weighted by atomic mass is 79.9. The van der Waals surface area contributed by atoms with E-state index in [0.717, 1.165) is 27.8 Å². The van der Waals surface area contributed by atoms with Crippen LogP contribution in [0.3, 0.4) is 0 Å². The van der Waals surface area contributed by atoms with Crippen molar-refractivity contribution < 1.29 is 9.47 Å². The second kappa shape index (κ2) is 4.52. The highest BCUT2D eigenvalue weighted by molar-refractivity contribution is 9.10. The van der Waals surface area contributed by atoms with Crippen LogP contribution in [-0.2, 0) is 0 Å². The average molecular weight is 297 g/mol. The summed E-state index contributed by atoms with van der Waals surface area (Å²) in [6, 6.07) is 5.93. The van der Waals surface area contributed by atoms with E-state index in [-0.39, 0.29) is 0 Å². The van der Waals surface area contributed by atoms with Crippen molar-refractivity contribution in [3.05, 3.63) is 22.7 Å². The average Bonchev–Trinajstić information content (AvgIpc) is 2.91. The maximum atomic E-state index is 6.16. The van der Waals surface area contributed by atoms with Crippen molar-refractivity contribution in [2.45, 2.75) is 31.8 Å². The van der Waals surface area contributed by atoms with Gasteiger partial charge in [-0.05, 0) is 55.7 Å². The highest BCUT2D eigenvalue weighted by Gasteiger charge is 2.41. The number of hydrogen-bond acceptors (Lipinski definition) is 2. The Morgan fingerprint density at radius 3 is 2.71 bits per heavy atom. The Bertz CT molecular complexity index is 419. The molecule has 2 aliphatic carbocycles. The van der Waals surface area contributed by atoms with Crippen LogP contribution in [0.2, 0.25) is 0 Å². The van der Waals surface area contributed by atoms with Gasteiger partial charge in [0, 0.05) is 4.47 Å². The van der Waals surface area contributed by atoms with Gasteiger partial charge in [0.25, 0.3) is 0 Å². The fraction of sp³-hybridized carbons (Fsp3) is 0.571. The molecular formula is C14H17BrO2. The molecule has 0 heterocycles. The number of halogens is 1. The topological polar surface area (TPSA) is 18.5 Å². The van der Waals surface area contributed by atoms with Crippen LogP contribution in [0.1, 0.15) is 25.7 Å². The summed E-state index contributed by atoms with van der Waals surface area (Å²) in [6.07, 6.45) is 5.73. The van der Waals surface area contributed by atoms with Gasteiger partial charge in [-0.1, -0.05) is 15.9 Å². The maximum Gasteiger partial charge on any atom is 0.162 e. The van der Waals surface area contributed by atoms with Crippen LogP contribution in [0, 0.1) is 11.8 Å². The summed E-state index contributed by atoms with van der Waals surface area (Å²) in [7, 11) is 1.69. The van der Waals surface area contributed by atoms with Crippen LogP contribution in [0.25, 0.3) is 0 Å². The molecule has 92 valence electrons. The second-order valence-corrected chi connectivity index (χ2v) is 6.04. The van der Waals surface area contributed by atoms with Crippen LogP contribution >= 0.6 is 15.9 Å². The molecule has 3 atom stereocenters. The lowest BCUT2D eigenvalue weighted by Gasteiger charge is -2.24. The van der Waals surface area contributed by atoms with E-state index in [4.69, 9.17) is 9.47 Å². The monoisotopic (exact) mass is 296 g/mol. The van der Waals surface area contributed by atoms with E-state index in [1.54, 1.807) is 7.11 Å². The van der Waals surface area contributed by atoms with Crippen molar-refractivity contribution in [1.29, 1.82) is 0 Å². The Balaban J connectivity index is 1.78. The molecule has 3 rings (SSSR count). The van der Waals surface area contributed by atoms with Crippen LogP contribution in [0.15, 0.2) is 22.7 Å². The summed E-state index contributed by atoms with van der Waals surface area (Å²) in [5, 5.41) is 0. The van der Waals surface area contributed by atoms with Gasteiger partial charge >= 0.3 is 0 Å². The molecule has 0 unspecified atom stereocenters. The third kappa shape index (κ3) is 2.17. The third-order valence-electron chi connectivity index (χ3n) is 4.08. The van der Waals surface area contributed by atoms with Gasteiger partial charge in [-0.2, -0.15) is 0 Å². The van der Waals surface area contributed by atoms with E-state index >= 15 is 0 Å². The first-order valence-corrected chi connectivity index (χ1v) is 7.06. The number of ether oxygens (including phenoxy) is 2. The van der Waals surface area contributed by atoms with Crippen molar-refractivity contribution >= 4 is 15.9 Å². The Morgan fingerprint density at radius 1 is 1.18 bits per heavy atom. The predicted molar refractivity (Wildman–Crippen MR) is 70.6 cm³/mol. The van der Waals surface area contributed by atoms with Crippen LogP contribution in [0.5, 0.6) is 11.5 Å². The summed E-state index contributed by atoms with van der Waals surface area (Å²) in [5.41, 5.74) is 0. The van der Waals surface area contributed by atoms with E-state index in [9.17, 15) is 0 Å². The molecule has 0 aliphatic heterocycles. The van der Waals surface area contributed by atoms with Gasteiger partial charge in [0.05, 0.1) is 7.11 Å². The van der Waals surface area contributed by atoms with Gasteiger partial charge in [0.2, 0.25) is 0 Å². The SMILES string of the molecule is COc1ccc(Br)cc1O[C@H]1C[C@H]2CC[C@H]1C2. The minimum Gasteiger partial charge on any atom is -0.493 e. The molecule has 0 N–H and O–H groups in total. The molecule has 0 amide bonds. The number of hydrogen-bond donors (Lipinski definition) is 0. The fourth-order valence-corrected chi connectivity index (χ4v) is 3.58. The van der Waals surface area contributed by atoms with Crippen LogP contribution in [0.4, 0.5) is 0 Å². The molecule has 0 aromatic heterocycles. The number of methoxy groups -OCH3 is 1. The second-order valence-electron chi connectivity index (χ2n) is 5.13. The van der Waals surface area contributed by atoms with Crippen molar-refractivity contribution in [3.63, 3.8) is 0 Å². The largest absolute Gasteiger partial charge is 0.493 e. The zero-order chi connectivity index (χ0) is 11.8. The third-order valence-corrected chi connectivity index (χ3v) is 4.57. The van der Waals surface area contributed by atoms with E-state index in [2.05, 4.69) is 15.9 Å². The molecular weight excluding hydrogens is 280 g/mol. The van der Waals surface area contributed by atoms with E-state index in [1.807, 2.05) is 18.2 Å². The van der Waals surface area contributed by atoms with Gasteiger partial charge in [0.15, 0.2) is 11.5 Å². The number of rotatable bonds is 3. The molecule has 0 radical (unpaired) electrons. The maximum absolute atomic E-state index is 6.16. The summed E-state index contributed by atoms with van der Waals surface area (Å²) in [6.45, 7) is 0. The van der Waals surface area contributed by atoms with E-state index in [0.29, 0.717) is 6.10 Å². The molecule has 17 heavy (non-hydrogen) atoms. The van der Waals surface area contributed by atoms with Gasteiger partial charge in [-0.15, -0.1) is 0 Å². The lowest BCUT2D eigenvalue weighted by molar-refractivity contribution is 0.133. The van der Waals surface area contributed by atoms with Gasteiger partial charge < -0.3 is 9.47 Å². The number of fused-ring (bicyclic) bond motifs is 2. The van der Waals surface area contributed by atoms with E-state index in [1.165, 1.54) is 25.7 Å². The Kier molecular flexibility index (Phi) is 3.03. The molecule has 0 saturated heterocycles. The molecule has 2 nitrogen and oxygen atoms in total. The zero-order valence-electron chi connectivity index (χ0n) is 9.99. The Labute approximate surface area is 110 Å². The molecule has 2 bridgehead atoms. The summed E-state index contributed by atoms with van der Waals surface area (Å²) in [4.78, 5) is 0. The normalized spacial score (nSPS) is 30.6. The summed E-state index contributed by atoms with van der Waals surface area (Å²) < 4.78 is 12.5. The van der Waals surface area contributed by atoms with Gasteiger partial charge in [-0.25, -0.2) is 0 Å². The predicted octanol–water partition coefficient (Wildman–Crippen LogP) is 4.03. The molecule has 0 spiro atoms. The smallest absolute Gasteiger partial charge is 0.162 e. The minimum atomic E-state index is 0.400. The minimum absolute atomic E-state index is 0.400. The first kappa shape index (κ1) is 11.4. The number of benzene rings is 1.